The highest BCUT2D eigenvalue weighted by molar-refractivity contribution is 6.00. The molecular weight excluding hydrogens is 1650 g/mol. The summed E-state index contributed by atoms with van der Waals surface area (Å²) in [6.07, 6.45) is 5.22. The number of hydrogen-bond donors (Lipinski definition) is 26. The number of amides is 13. The largest absolute Gasteiger partial charge is 0.480 e. The molecule has 716 valence electrons. The van der Waals surface area contributed by atoms with Crippen LogP contribution >= 0.6 is 0 Å². The molecule has 3 aromatic carbocycles. The molecule has 0 aromatic heterocycles. The van der Waals surface area contributed by atoms with Crippen LogP contribution in [0.2, 0.25) is 0 Å². The summed E-state index contributed by atoms with van der Waals surface area (Å²) in [5, 5.41) is 66.2. The summed E-state index contributed by atoms with van der Waals surface area (Å²) in [5.74, 6) is -13.3. The molecule has 0 saturated carbocycles. The molecule has 0 bridgehead atoms. The molecule has 41 heteroatoms. The number of guanidine groups is 1. The molecule has 0 aliphatic carbocycles. The molecule has 41 nitrogen and oxygen atoms in total. The molecular formula is C87H146N24O17. The van der Waals surface area contributed by atoms with Crippen LogP contribution in [0.3, 0.4) is 0 Å². The van der Waals surface area contributed by atoms with Crippen LogP contribution in [0.15, 0.2) is 96.0 Å². The van der Waals surface area contributed by atoms with Crippen molar-refractivity contribution in [3.8, 4) is 0 Å². The molecule has 3 rings (SSSR count). The van der Waals surface area contributed by atoms with E-state index < -0.39 is 181 Å². The topological polar surface area (TPSA) is 729 Å². The average molecular weight is 1800 g/mol. The van der Waals surface area contributed by atoms with E-state index in [-0.39, 0.29) is 141 Å². The van der Waals surface area contributed by atoms with E-state index >= 15 is 0 Å². The zero-order chi connectivity index (χ0) is 94.7. The van der Waals surface area contributed by atoms with E-state index in [1.165, 1.54) is 0 Å². The Balaban J connectivity index is 2.04. The first-order chi connectivity index (χ1) is 61.4. The standard InChI is InChI=1S/C87H146N24O17/c1-55(2)49-70(86(127)128)109-79(120)64(38-17-24-46-93)105-82(123)68(51-57-29-8-4-9-30-57)107-84(125)71(53-112)110-80(121)65(39-18-25-47-94)102-77(118)63(37-16-23-45-92)104-81(122)67(50-56-27-6-3-7-28-56)108-85(126)72(54-113)111-83(124)69(52-58-31-10-5-11-32-58)106-78(119)66(40-26-48-98-87(96)97)103-76(117)62(36-15-22-44-91)101-75(116)61(35-14-21-43-90)100-74(115)60(34-13-20-42-89)99-73(114)59(95)33-12-19-41-88/h3-11,27-32,55,59-72,112-113H,12-26,33-54,88-95H2,1-2H3,(H,99,114)(H,100,115)(H,101,116)(H,102,118)(H,103,117)(H,104,122)(H,105,123)(H,106,119)(H,107,125)(H,108,126)(H,109,120)(H,110,121)(H,111,124)(H,127,128)(H4,96,97,98)/t59-,60-,61-,62-,63-,64-,65-,66-,67-,68-,69-,70-,71-,72-/m0/s1. The first-order valence-electron chi connectivity index (χ1n) is 44.6. The first-order valence-corrected chi connectivity index (χ1v) is 44.6. The lowest BCUT2D eigenvalue weighted by Crippen LogP contribution is -2.62. The van der Waals surface area contributed by atoms with Gasteiger partial charge in [0.2, 0.25) is 76.8 Å². The molecule has 13 amide bonds. The number of hydrogen-bond acceptors (Lipinski definition) is 25. The minimum Gasteiger partial charge on any atom is -0.480 e. The molecule has 0 aliphatic rings. The number of nitrogens with one attached hydrogen (secondary N) is 13. The van der Waals surface area contributed by atoms with Gasteiger partial charge in [-0.1, -0.05) is 111 Å². The molecule has 128 heavy (non-hydrogen) atoms. The van der Waals surface area contributed by atoms with Crippen molar-refractivity contribution < 1.29 is 82.4 Å². The number of rotatable bonds is 69. The lowest BCUT2D eigenvalue weighted by atomic mass is 10.0. The van der Waals surface area contributed by atoms with Gasteiger partial charge in [-0.05, 0) is 216 Å². The molecule has 0 fully saturated rings. The summed E-state index contributed by atoms with van der Waals surface area (Å²) >= 11 is 0. The third-order valence-electron chi connectivity index (χ3n) is 21.1. The fourth-order valence-corrected chi connectivity index (χ4v) is 13.8. The fraction of sp³-hybridized carbons (Fsp3) is 0.621. The summed E-state index contributed by atoms with van der Waals surface area (Å²) in [5.41, 5.74) is 59.8. The highest BCUT2D eigenvalue weighted by Gasteiger charge is 2.39. The van der Waals surface area contributed by atoms with Gasteiger partial charge in [-0.3, -0.25) is 67.3 Å². The predicted molar refractivity (Wildman–Crippen MR) is 485 cm³/mol. The molecule has 3 aromatic rings. The second-order valence-electron chi connectivity index (χ2n) is 32.2. The number of aliphatic hydroxyl groups is 2. The van der Waals surface area contributed by atoms with Crippen molar-refractivity contribution in [2.24, 2.45) is 68.2 Å². The van der Waals surface area contributed by atoms with Gasteiger partial charge >= 0.3 is 5.97 Å². The van der Waals surface area contributed by atoms with Crippen molar-refractivity contribution in [1.82, 2.24) is 69.1 Å². The first kappa shape index (κ1) is 111. The van der Waals surface area contributed by atoms with Gasteiger partial charge in [0.1, 0.15) is 78.5 Å². The van der Waals surface area contributed by atoms with Gasteiger partial charge in [0.05, 0.1) is 19.3 Å². The summed E-state index contributed by atoms with van der Waals surface area (Å²) in [7, 11) is 0. The molecule has 0 aliphatic heterocycles. The van der Waals surface area contributed by atoms with Crippen molar-refractivity contribution in [3.05, 3.63) is 108 Å². The molecule has 0 saturated heterocycles. The van der Waals surface area contributed by atoms with E-state index in [0.717, 1.165) is 0 Å². The number of nitrogens with two attached hydrogens (primary N) is 10. The predicted octanol–water partition coefficient (Wildman–Crippen LogP) is -4.58. The summed E-state index contributed by atoms with van der Waals surface area (Å²) < 4.78 is 0. The third-order valence-corrected chi connectivity index (χ3v) is 21.1. The Morgan fingerprint density at radius 1 is 0.281 bits per heavy atom. The quantitative estimate of drug-likeness (QED) is 0.0144. The van der Waals surface area contributed by atoms with E-state index in [2.05, 4.69) is 74.1 Å². The van der Waals surface area contributed by atoms with Crippen molar-refractivity contribution >= 4 is 88.7 Å². The molecule has 36 N–H and O–H groups in total. The number of carbonyl (C=O) groups is 14. The number of nitrogens with zero attached hydrogens (tertiary/aromatic N) is 1. The van der Waals surface area contributed by atoms with Gasteiger partial charge in [-0.2, -0.15) is 0 Å². The van der Waals surface area contributed by atoms with Gasteiger partial charge < -0.3 is 142 Å². The van der Waals surface area contributed by atoms with Gasteiger partial charge in [0.15, 0.2) is 5.96 Å². The number of carboxylic acids is 1. The van der Waals surface area contributed by atoms with Crippen molar-refractivity contribution in [3.63, 3.8) is 0 Å². The maximum atomic E-state index is 15.0. The Kier molecular flexibility index (Phi) is 56.3. The zero-order valence-electron chi connectivity index (χ0n) is 74.3. The van der Waals surface area contributed by atoms with Crippen molar-refractivity contribution in [2.45, 2.75) is 272 Å². The van der Waals surface area contributed by atoms with E-state index in [0.29, 0.717) is 113 Å². The summed E-state index contributed by atoms with van der Waals surface area (Å²) in [4.78, 5) is 205. The number of carbonyl (C=O) groups excluding carboxylic acids is 13. The monoisotopic (exact) mass is 1800 g/mol. The Hall–Kier alpha value is -10.9. The number of aliphatic hydroxyl groups excluding tert-OH is 2. The van der Waals surface area contributed by atoms with Crippen LogP contribution in [-0.4, -0.2) is 254 Å². The highest BCUT2D eigenvalue weighted by atomic mass is 16.4. The number of unbranched alkanes of at least 4 members (excludes halogenated alkanes) is 7. The SMILES string of the molecule is CC(C)C[C@H](NC(=O)[C@H](CCCCN)NC(=O)[C@H](Cc1ccccc1)NC(=O)[C@H](CO)NC(=O)[C@H](CCCCN)NC(=O)[C@H](CCCCN)NC(=O)[C@H](Cc1ccccc1)NC(=O)[C@H](CO)NC(=O)[C@H](Cc1ccccc1)NC(=O)[C@H](CCCN=C(N)N)NC(=O)[C@H](CCCCN)NC(=O)[C@H](CCCCN)NC(=O)[C@H](CCCCN)NC(=O)[C@@H](N)CCCCN)C(=O)O. The van der Waals surface area contributed by atoms with Gasteiger partial charge in [0, 0.05) is 25.8 Å². The molecule has 0 heterocycles. The van der Waals surface area contributed by atoms with Crippen LogP contribution in [0.1, 0.15) is 185 Å². The molecule has 0 unspecified atom stereocenters. The van der Waals surface area contributed by atoms with E-state index in [1.54, 1.807) is 105 Å². The Labute approximate surface area is 750 Å². The minimum absolute atomic E-state index is 0.0202. The van der Waals surface area contributed by atoms with Crippen LogP contribution in [0.25, 0.3) is 0 Å². The van der Waals surface area contributed by atoms with Gasteiger partial charge in [0.25, 0.3) is 0 Å². The van der Waals surface area contributed by atoms with Crippen molar-refractivity contribution in [1.29, 1.82) is 0 Å². The maximum absolute atomic E-state index is 15.0. The highest BCUT2D eigenvalue weighted by Crippen LogP contribution is 2.17. The summed E-state index contributed by atoms with van der Waals surface area (Å²) in [6, 6.07) is 5.07. The van der Waals surface area contributed by atoms with Crippen molar-refractivity contribution in [2.75, 3.05) is 65.6 Å². The van der Waals surface area contributed by atoms with E-state index in [9.17, 15) is 82.4 Å². The zero-order valence-corrected chi connectivity index (χ0v) is 74.3. The summed E-state index contributed by atoms with van der Waals surface area (Å²) in [6.45, 7) is 3.13. The van der Waals surface area contributed by atoms with Crippen LogP contribution in [0.4, 0.5) is 0 Å². The Bertz CT molecular complexity index is 3860. The number of carboxylic acid groups (broad SMARTS) is 1. The fourth-order valence-electron chi connectivity index (χ4n) is 13.8. The Morgan fingerprint density at radius 2 is 0.484 bits per heavy atom. The normalized spacial score (nSPS) is 14.5. The minimum atomic E-state index is -1.86. The van der Waals surface area contributed by atoms with Crippen LogP contribution in [0.5, 0.6) is 0 Å². The maximum Gasteiger partial charge on any atom is 0.326 e. The lowest BCUT2D eigenvalue weighted by molar-refractivity contribution is -0.143. The average Bonchev–Trinajstić information content (AvgIpc) is 0.849. The van der Waals surface area contributed by atoms with E-state index in [1.807, 2.05) is 0 Å². The number of aliphatic carboxylic acids is 1. The second kappa shape index (κ2) is 64.8. The van der Waals surface area contributed by atoms with Crippen LogP contribution < -0.4 is 126 Å². The van der Waals surface area contributed by atoms with Gasteiger partial charge in [-0.15, -0.1) is 0 Å². The molecule has 0 radical (unpaired) electrons. The smallest absolute Gasteiger partial charge is 0.326 e. The second-order valence-corrected chi connectivity index (χ2v) is 32.2. The molecule has 14 atom stereocenters. The number of aliphatic imine (C=N–C) groups is 1. The third kappa shape index (κ3) is 44.7. The van der Waals surface area contributed by atoms with Gasteiger partial charge in [-0.25, -0.2) is 4.79 Å². The van der Waals surface area contributed by atoms with Crippen LogP contribution in [-0.2, 0) is 86.4 Å². The number of benzene rings is 3. The lowest BCUT2D eigenvalue weighted by Gasteiger charge is -2.28. The Morgan fingerprint density at radius 3 is 0.711 bits per heavy atom. The molecule has 0 spiro atoms. The van der Waals surface area contributed by atoms with Crippen LogP contribution in [0, 0.1) is 5.92 Å². The van der Waals surface area contributed by atoms with E-state index in [4.69, 9.17) is 57.3 Å².